The summed E-state index contributed by atoms with van der Waals surface area (Å²) in [5.41, 5.74) is 1.36. The number of phenols is 1. The smallest absolute Gasteiger partial charge is 0.165 e. The minimum atomic E-state index is -0.753. The maximum absolute atomic E-state index is 10.6. The van der Waals surface area contributed by atoms with E-state index in [0.717, 1.165) is 25.8 Å². The first-order valence-corrected chi connectivity index (χ1v) is 9.41. The molecule has 7 rings (SSSR count). The quantitative estimate of drug-likeness (QED) is 0.786. The first kappa shape index (κ1) is 15.1. The van der Waals surface area contributed by atoms with Crippen LogP contribution in [0, 0.1) is 22.7 Å². The molecular weight excluding hydrogens is 328 g/mol. The van der Waals surface area contributed by atoms with Crippen LogP contribution in [0.25, 0.3) is 0 Å². The number of phenolic OH excluding ortho intramolecular Hbond substituents is 1. The number of methoxy groups -OCH3 is 1. The lowest BCUT2D eigenvalue weighted by molar-refractivity contribution is -0.203. The molecule has 4 aliphatic carbocycles. The highest BCUT2D eigenvalue weighted by atomic mass is 16.6. The fourth-order valence-electron chi connectivity index (χ4n) is 7.20. The van der Waals surface area contributed by atoms with Crippen molar-refractivity contribution >= 4 is 0 Å². The van der Waals surface area contributed by atoms with E-state index in [2.05, 4.69) is 36.2 Å². The molecule has 2 fully saturated rings. The van der Waals surface area contributed by atoms with E-state index in [1.807, 2.05) is 0 Å². The van der Waals surface area contributed by atoms with Crippen molar-refractivity contribution in [3.05, 3.63) is 35.4 Å². The summed E-state index contributed by atoms with van der Waals surface area (Å²) in [6.07, 6.45) is 6.86. The molecule has 134 valence electrons. The van der Waals surface area contributed by atoms with Crippen LogP contribution < -0.4 is 4.74 Å². The maximum Gasteiger partial charge on any atom is 0.165 e. The molecule has 1 saturated carbocycles. The van der Waals surface area contributed by atoms with Crippen LogP contribution in [0.2, 0.25) is 0 Å². The van der Waals surface area contributed by atoms with Crippen LogP contribution in [-0.4, -0.2) is 48.5 Å². The molecule has 0 radical (unpaired) electrons. The van der Waals surface area contributed by atoms with Crippen LogP contribution in [0.3, 0.4) is 0 Å². The highest BCUT2D eigenvalue weighted by Crippen LogP contribution is 2.74. The normalized spacial score (nSPS) is 46.6. The van der Waals surface area contributed by atoms with Gasteiger partial charge in [0.25, 0.3) is 0 Å². The Hall–Kier alpha value is -2.03. The third-order valence-electron chi connectivity index (χ3n) is 8.23. The van der Waals surface area contributed by atoms with Gasteiger partial charge in [-0.2, -0.15) is 5.26 Å². The third kappa shape index (κ3) is 1.22. The summed E-state index contributed by atoms with van der Waals surface area (Å²) >= 11 is 0. The summed E-state index contributed by atoms with van der Waals surface area (Å²) in [6.45, 7) is 0.992. The van der Waals surface area contributed by atoms with Crippen LogP contribution in [-0.2, 0) is 16.6 Å². The highest BCUT2D eigenvalue weighted by molar-refractivity contribution is 5.65. The van der Waals surface area contributed by atoms with Crippen LogP contribution in [0.4, 0.5) is 0 Å². The van der Waals surface area contributed by atoms with E-state index in [1.165, 1.54) is 11.1 Å². The molecule has 1 aromatic rings. The van der Waals surface area contributed by atoms with E-state index in [1.54, 1.807) is 13.2 Å². The van der Waals surface area contributed by atoms with E-state index in [-0.39, 0.29) is 28.6 Å². The van der Waals surface area contributed by atoms with Gasteiger partial charge in [0.1, 0.15) is 11.7 Å². The van der Waals surface area contributed by atoms with E-state index < -0.39 is 5.60 Å². The zero-order valence-electron chi connectivity index (χ0n) is 15.0. The van der Waals surface area contributed by atoms with Crippen LogP contribution >= 0.6 is 0 Å². The third-order valence-corrected chi connectivity index (χ3v) is 8.23. The largest absolute Gasteiger partial charge is 0.504 e. The highest BCUT2D eigenvalue weighted by Gasteiger charge is 2.79. The molecule has 0 aromatic heterocycles. The van der Waals surface area contributed by atoms with Gasteiger partial charge < -0.3 is 19.5 Å². The first-order chi connectivity index (χ1) is 12.5. The lowest BCUT2D eigenvalue weighted by Gasteiger charge is -2.70. The Bertz CT molecular complexity index is 921. The number of piperidine rings is 1. The second-order valence-corrected chi connectivity index (χ2v) is 8.68. The van der Waals surface area contributed by atoms with Crippen LogP contribution in [0.1, 0.15) is 24.0 Å². The van der Waals surface area contributed by atoms with Crippen LogP contribution in [0.15, 0.2) is 24.3 Å². The maximum atomic E-state index is 10.6. The summed E-state index contributed by atoms with van der Waals surface area (Å²) < 4.78 is 12.6. The fourth-order valence-corrected chi connectivity index (χ4v) is 7.20. The van der Waals surface area contributed by atoms with Crippen molar-refractivity contribution in [3.8, 4) is 17.6 Å². The summed E-state index contributed by atoms with van der Waals surface area (Å²) in [5, 5.41) is 20.5. The minimum absolute atomic E-state index is 0.141. The standard InChI is InChI=1S/C21H22N2O3/c1-23-8-7-20-16-12-3-4-14(24)17(16)26-18(20)21(25-2)6-5-19(20,15(23)9-12)10-13(21)11-22/h3-6,13,15,18,24H,7-10H2,1-2H3/t13-,15-,18-,19+,20+,21?/m1/s1. The van der Waals surface area contributed by atoms with Gasteiger partial charge in [-0.05, 0) is 44.5 Å². The summed E-state index contributed by atoms with van der Waals surface area (Å²) in [4.78, 5) is 2.46. The van der Waals surface area contributed by atoms with E-state index in [9.17, 15) is 10.4 Å². The molecule has 1 saturated heterocycles. The zero-order valence-corrected chi connectivity index (χ0v) is 15.0. The fraction of sp³-hybridized carbons (Fsp3) is 0.571. The van der Waals surface area contributed by atoms with Crippen LogP contribution in [0.5, 0.6) is 11.5 Å². The molecule has 1 unspecified atom stereocenters. The topological polar surface area (TPSA) is 65.7 Å². The predicted octanol–water partition coefficient (Wildman–Crippen LogP) is 2.14. The molecule has 0 amide bonds. The number of benzene rings is 1. The Labute approximate surface area is 152 Å². The summed E-state index contributed by atoms with van der Waals surface area (Å²) in [7, 11) is 3.89. The summed E-state index contributed by atoms with van der Waals surface area (Å²) in [5.74, 6) is 0.588. The van der Waals surface area contributed by atoms with Gasteiger partial charge in [-0.1, -0.05) is 18.2 Å². The first-order valence-electron chi connectivity index (χ1n) is 9.41. The van der Waals surface area contributed by atoms with Gasteiger partial charge in [-0.3, -0.25) is 0 Å². The Morgan fingerprint density at radius 1 is 1.38 bits per heavy atom. The Morgan fingerprint density at radius 3 is 3.00 bits per heavy atom. The molecule has 1 aromatic carbocycles. The van der Waals surface area contributed by atoms with Gasteiger partial charge in [0.2, 0.25) is 0 Å². The number of rotatable bonds is 1. The Morgan fingerprint density at radius 2 is 2.23 bits per heavy atom. The van der Waals surface area contributed by atoms with Gasteiger partial charge in [0.15, 0.2) is 11.5 Å². The number of nitrogens with zero attached hydrogens (tertiary/aromatic N) is 2. The van der Waals surface area contributed by atoms with E-state index in [0.29, 0.717) is 11.8 Å². The average Bonchev–Trinajstić information content (AvgIpc) is 3.03. The SMILES string of the molecule is COC12C=C[C@]3(C[C@@H]1C#N)[C@H]1Cc4ccc(O)c5c4[C@@]3(CCN1C)[C@H]2O5. The average molecular weight is 350 g/mol. The van der Waals surface area contributed by atoms with Gasteiger partial charge in [-0.15, -0.1) is 0 Å². The molecule has 2 aliphatic heterocycles. The molecule has 2 heterocycles. The molecule has 6 aliphatic rings. The van der Waals surface area contributed by atoms with Gasteiger partial charge in [0.05, 0.1) is 17.4 Å². The van der Waals surface area contributed by atoms with Crippen molar-refractivity contribution in [2.45, 2.75) is 42.4 Å². The second-order valence-electron chi connectivity index (χ2n) is 8.68. The number of fused-ring (bicyclic) bond motifs is 1. The molecule has 6 atom stereocenters. The Kier molecular flexibility index (Phi) is 2.47. The number of hydrogen-bond acceptors (Lipinski definition) is 5. The van der Waals surface area contributed by atoms with E-state index in [4.69, 9.17) is 9.47 Å². The van der Waals surface area contributed by atoms with Crippen molar-refractivity contribution in [3.63, 3.8) is 0 Å². The number of nitriles is 1. The zero-order chi connectivity index (χ0) is 17.9. The monoisotopic (exact) mass is 350 g/mol. The van der Waals surface area contributed by atoms with Crippen molar-refractivity contribution < 1.29 is 14.6 Å². The number of aromatic hydroxyl groups is 1. The lowest BCUT2D eigenvalue weighted by Crippen LogP contribution is -2.78. The molecule has 26 heavy (non-hydrogen) atoms. The van der Waals surface area contributed by atoms with E-state index >= 15 is 0 Å². The molecule has 1 N–H and O–H groups in total. The minimum Gasteiger partial charge on any atom is -0.504 e. The van der Waals surface area contributed by atoms with Gasteiger partial charge >= 0.3 is 0 Å². The number of likely N-dealkylation sites (N-methyl/N-ethyl adjacent to an activating group) is 1. The predicted molar refractivity (Wildman–Crippen MR) is 94.0 cm³/mol. The van der Waals surface area contributed by atoms with Crippen molar-refractivity contribution in [2.75, 3.05) is 20.7 Å². The molecule has 5 nitrogen and oxygen atoms in total. The Balaban J connectivity index is 1.75. The van der Waals surface area contributed by atoms with Crippen molar-refractivity contribution in [1.82, 2.24) is 4.90 Å². The molecular formula is C21H22N2O3. The lowest BCUT2D eigenvalue weighted by atomic mass is 9.37. The number of ether oxygens (including phenoxy) is 2. The second kappa shape index (κ2) is 4.27. The summed E-state index contributed by atoms with van der Waals surface area (Å²) in [6, 6.07) is 6.68. The molecule has 4 bridgehead atoms. The van der Waals surface area contributed by atoms with Gasteiger partial charge in [-0.25, -0.2) is 0 Å². The molecule has 5 heteroatoms. The number of hydrogen-bond donors (Lipinski definition) is 1. The van der Waals surface area contributed by atoms with Crippen molar-refractivity contribution in [2.24, 2.45) is 11.3 Å². The number of likely N-dealkylation sites (tertiary alicyclic amines) is 1. The van der Waals surface area contributed by atoms with Gasteiger partial charge in [0, 0.05) is 24.1 Å². The van der Waals surface area contributed by atoms with Crippen molar-refractivity contribution in [1.29, 1.82) is 5.26 Å². The molecule has 2 spiro atoms.